The largest absolute Gasteiger partial charge is 0.479 e. The highest BCUT2D eigenvalue weighted by atomic mass is 16.5. The summed E-state index contributed by atoms with van der Waals surface area (Å²) >= 11 is 0. The lowest BCUT2D eigenvalue weighted by molar-refractivity contribution is -0.156. The summed E-state index contributed by atoms with van der Waals surface area (Å²) in [4.78, 5) is 55.0. The van der Waals surface area contributed by atoms with Crippen LogP contribution in [0.5, 0.6) is 0 Å². The molecule has 0 saturated carbocycles. The van der Waals surface area contributed by atoms with Gasteiger partial charge >= 0.3 is 17.9 Å². The second kappa shape index (κ2) is 11.9. The number of amides is 1. The maximum Gasteiger partial charge on any atom is 0.336 e. The predicted molar refractivity (Wildman–Crippen MR) is 141 cm³/mol. The molecule has 4 rings (SSSR count). The zero-order valence-electron chi connectivity index (χ0n) is 21.9. The number of rotatable bonds is 10. The molecule has 204 valence electrons. The minimum atomic E-state index is -1.28. The van der Waals surface area contributed by atoms with E-state index < -0.39 is 36.3 Å². The fourth-order valence-corrected chi connectivity index (χ4v) is 5.00. The molecule has 0 bridgehead atoms. The Labute approximate surface area is 225 Å². The van der Waals surface area contributed by atoms with Crippen LogP contribution in [-0.2, 0) is 38.5 Å². The van der Waals surface area contributed by atoms with Crippen LogP contribution in [-0.4, -0.2) is 61.6 Å². The van der Waals surface area contributed by atoms with Crippen molar-refractivity contribution in [3.63, 3.8) is 0 Å². The highest BCUT2D eigenvalue weighted by Crippen LogP contribution is 2.33. The molecule has 1 aliphatic heterocycles. The number of aromatic nitrogens is 2. The van der Waals surface area contributed by atoms with Gasteiger partial charge in [-0.3, -0.25) is 9.59 Å². The molecule has 0 radical (unpaired) electrons. The maximum atomic E-state index is 12.9. The Morgan fingerprint density at radius 2 is 1.74 bits per heavy atom. The van der Waals surface area contributed by atoms with Crippen molar-refractivity contribution in [3.8, 4) is 11.1 Å². The van der Waals surface area contributed by atoms with Gasteiger partial charge in [0.2, 0.25) is 5.91 Å². The van der Waals surface area contributed by atoms with E-state index in [2.05, 4.69) is 0 Å². The predicted octanol–water partition coefficient (Wildman–Crippen LogP) is 3.71. The number of aromatic carboxylic acids is 1. The van der Waals surface area contributed by atoms with E-state index in [1.165, 1.54) is 4.90 Å². The van der Waals surface area contributed by atoms with E-state index in [-0.39, 0.29) is 18.7 Å². The summed E-state index contributed by atoms with van der Waals surface area (Å²) < 4.78 is 6.75. The molecule has 1 atom stereocenters. The molecule has 10 heteroatoms. The van der Waals surface area contributed by atoms with Crippen molar-refractivity contribution in [1.29, 1.82) is 0 Å². The van der Waals surface area contributed by atoms with Crippen LogP contribution >= 0.6 is 0 Å². The van der Waals surface area contributed by atoms with Gasteiger partial charge in [0.25, 0.3) is 0 Å². The van der Waals surface area contributed by atoms with E-state index in [4.69, 9.17) is 9.72 Å². The molecule has 1 amide bonds. The van der Waals surface area contributed by atoms with Crippen LogP contribution in [0.3, 0.4) is 0 Å². The van der Waals surface area contributed by atoms with Crippen LogP contribution in [0.1, 0.15) is 65.9 Å². The van der Waals surface area contributed by atoms with Crippen molar-refractivity contribution >= 4 is 23.8 Å². The fourth-order valence-electron chi connectivity index (χ4n) is 5.00. The van der Waals surface area contributed by atoms with E-state index in [1.54, 1.807) is 31.2 Å². The molecule has 2 N–H and O–H groups in total. The summed E-state index contributed by atoms with van der Waals surface area (Å²) in [6.45, 7) is 4.24. The topological polar surface area (TPSA) is 139 Å². The van der Waals surface area contributed by atoms with Gasteiger partial charge in [-0.2, -0.15) is 0 Å². The summed E-state index contributed by atoms with van der Waals surface area (Å²) in [6, 6.07) is 12.9. The third kappa shape index (κ3) is 5.84. The molecule has 10 nitrogen and oxygen atoms in total. The first kappa shape index (κ1) is 27.6. The van der Waals surface area contributed by atoms with Crippen molar-refractivity contribution in [2.45, 2.75) is 52.1 Å². The van der Waals surface area contributed by atoms with Crippen molar-refractivity contribution < 1.29 is 34.1 Å². The zero-order chi connectivity index (χ0) is 28.1. The van der Waals surface area contributed by atoms with Crippen LogP contribution in [0.15, 0.2) is 48.5 Å². The summed E-state index contributed by atoms with van der Waals surface area (Å²) in [6.07, 6.45) is 1.27. The van der Waals surface area contributed by atoms with E-state index in [9.17, 15) is 29.4 Å². The van der Waals surface area contributed by atoms with Crippen molar-refractivity contribution in [1.82, 2.24) is 14.5 Å². The van der Waals surface area contributed by atoms with Gasteiger partial charge in [-0.1, -0.05) is 49.4 Å². The Morgan fingerprint density at radius 1 is 1.03 bits per heavy atom. The van der Waals surface area contributed by atoms with E-state index in [0.29, 0.717) is 36.3 Å². The molecular formula is C29H31N3O7. The lowest BCUT2D eigenvalue weighted by Gasteiger charge is -2.33. The van der Waals surface area contributed by atoms with Gasteiger partial charge in [-0.05, 0) is 36.1 Å². The van der Waals surface area contributed by atoms with Gasteiger partial charge in [-0.25, -0.2) is 14.6 Å². The number of aryl methyl sites for hydroxylation is 1. The average Bonchev–Trinajstić information content (AvgIpc) is 3.25. The summed E-state index contributed by atoms with van der Waals surface area (Å²) in [5, 5.41) is 19.7. The molecule has 0 spiro atoms. The number of hydrogen-bond acceptors (Lipinski definition) is 6. The molecule has 0 saturated heterocycles. The van der Waals surface area contributed by atoms with Crippen LogP contribution in [0.25, 0.3) is 11.1 Å². The molecule has 2 heterocycles. The number of hydrogen-bond donors (Lipinski definition) is 2. The number of benzene rings is 2. The number of esters is 1. The first-order valence-electron chi connectivity index (χ1n) is 12.9. The summed E-state index contributed by atoms with van der Waals surface area (Å²) in [7, 11) is 0. The van der Waals surface area contributed by atoms with E-state index in [1.807, 2.05) is 35.8 Å². The Bertz CT molecular complexity index is 1390. The number of ether oxygens (including phenoxy) is 1. The summed E-state index contributed by atoms with van der Waals surface area (Å²) in [5.41, 5.74) is 3.49. The molecule has 1 unspecified atom stereocenters. The molecule has 39 heavy (non-hydrogen) atoms. The van der Waals surface area contributed by atoms with Crippen molar-refractivity contribution in [2.75, 3.05) is 13.2 Å². The Balaban J connectivity index is 1.68. The summed E-state index contributed by atoms with van der Waals surface area (Å²) in [5.74, 6) is -2.77. The zero-order valence-corrected chi connectivity index (χ0v) is 21.9. The van der Waals surface area contributed by atoms with E-state index in [0.717, 1.165) is 23.4 Å². The standard InChI is InChI=1S/C29H31N3O7/c1-3-7-23-30-22-14-15-31(24(33)16-25(34)39-4-2)27(29(37)38)26(22)32(23)17-18-10-12-19(13-11-18)20-8-5-6-9-21(20)28(35)36/h5-6,8-13,27H,3-4,7,14-17H2,1-2H3,(H,35,36)(H,37,38). The Hall–Kier alpha value is -4.47. The van der Waals surface area contributed by atoms with Gasteiger partial charge in [0.15, 0.2) is 6.04 Å². The second-order valence-electron chi connectivity index (χ2n) is 9.30. The second-order valence-corrected chi connectivity index (χ2v) is 9.30. The van der Waals surface area contributed by atoms with Crippen molar-refractivity contribution in [2.24, 2.45) is 0 Å². The highest BCUT2D eigenvalue weighted by Gasteiger charge is 2.40. The normalized spacial score (nSPS) is 14.5. The van der Waals surface area contributed by atoms with Gasteiger partial charge in [0.1, 0.15) is 12.2 Å². The fraction of sp³-hybridized carbons (Fsp3) is 0.345. The minimum absolute atomic E-state index is 0.131. The number of carbonyl (C=O) groups is 4. The molecular weight excluding hydrogens is 502 g/mol. The van der Waals surface area contributed by atoms with Crippen LogP contribution < -0.4 is 0 Å². The first-order valence-corrected chi connectivity index (χ1v) is 12.9. The van der Waals surface area contributed by atoms with Crippen molar-refractivity contribution in [3.05, 3.63) is 76.9 Å². The smallest absolute Gasteiger partial charge is 0.336 e. The van der Waals surface area contributed by atoms with Crippen LogP contribution in [0.4, 0.5) is 0 Å². The molecule has 2 aromatic carbocycles. The van der Waals surface area contributed by atoms with Crippen LogP contribution in [0.2, 0.25) is 0 Å². The number of imidazole rings is 1. The molecule has 0 fully saturated rings. The Kier molecular flexibility index (Phi) is 8.43. The Morgan fingerprint density at radius 3 is 2.38 bits per heavy atom. The number of carboxylic acids is 2. The first-order chi connectivity index (χ1) is 18.7. The third-order valence-corrected chi connectivity index (χ3v) is 6.71. The van der Waals surface area contributed by atoms with Crippen LogP contribution in [0, 0.1) is 0 Å². The molecule has 0 aliphatic carbocycles. The number of carbonyl (C=O) groups excluding carboxylic acids is 2. The number of nitrogens with zero attached hydrogens (tertiary/aromatic N) is 3. The maximum absolute atomic E-state index is 12.9. The van der Waals surface area contributed by atoms with Gasteiger partial charge in [-0.15, -0.1) is 0 Å². The number of carboxylic acid groups (broad SMARTS) is 2. The van der Waals surface area contributed by atoms with E-state index >= 15 is 0 Å². The lowest BCUT2D eigenvalue weighted by Crippen LogP contribution is -2.45. The monoisotopic (exact) mass is 533 g/mol. The molecule has 3 aromatic rings. The highest BCUT2D eigenvalue weighted by molar-refractivity contribution is 5.97. The number of fused-ring (bicyclic) bond motifs is 1. The lowest BCUT2D eigenvalue weighted by atomic mass is 9.98. The van der Waals surface area contributed by atoms with Gasteiger partial charge in [0, 0.05) is 25.9 Å². The van der Waals surface area contributed by atoms with Gasteiger partial charge < -0.3 is 24.4 Å². The SMILES string of the molecule is CCCc1nc2c(n1Cc1ccc(-c3ccccc3C(=O)O)cc1)C(C(=O)O)N(C(=O)CC(=O)OCC)CC2. The molecule has 1 aromatic heterocycles. The third-order valence-electron chi connectivity index (χ3n) is 6.71. The van der Waals surface area contributed by atoms with Gasteiger partial charge in [0.05, 0.1) is 23.6 Å². The quantitative estimate of drug-likeness (QED) is 0.297. The molecule has 1 aliphatic rings. The average molecular weight is 534 g/mol. The minimum Gasteiger partial charge on any atom is -0.479 e. The number of aliphatic carboxylic acids is 1.